The molecule has 2 atom stereocenters. The van der Waals surface area contributed by atoms with Crippen LogP contribution in [0, 0.1) is 11.3 Å². The van der Waals surface area contributed by atoms with Crippen molar-refractivity contribution in [3.63, 3.8) is 0 Å². The number of alkyl halides is 1. The number of hydrogen-bond acceptors (Lipinski definition) is 2. The topological polar surface area (TPSA) is 40.5 Å². The fraction of sp³-hybridized carbons (Fsp3) is 0.917. The molecule has 92 valence electrons. The molecule has 3 nitrogen and oxygen atoms in total. The van der Waals surface area contributed by atoms with Gasteiger partial charge >= 0.3 is 0 Å². The van der Waals surface area contributed by atoms with Gasteiger partial charge in [-0.15, -0.1) is 11.6 Å². The van der Waals surface area contributed by atoms with E-state index >= 15 is 0 Å². The third-order valence-electron chi connectivity index (χ3n) is 4.28. The molecule has 1 saturated heterocycles. The summed E-state index contributed by atoms with van der Waals surface area (Å²) in [5, 5.41) is 9.01. The molecule has 2 aliphatic rings. The van der Waals surface area contributed by atoms with Gasteiger partial charge in [-0.2, -0.15) is 0 Å². The van der Waals surface area contributed by atoms with Crippen LogP contribution in [0.3, 0.4) is 0 Å². The predicted molar refractivity (Wildman–Crippen MR) is 63.4 cm³/mol. The van der Waals surface area contributed by atoms with Crippen LogP contribution in [-0.4, -0.2) is 41.0 Å². The zero-order chi connectivity index (χ0) is 11.8. The first-order chi connectivity index (χ1) is 7.59. The fourth-order valence-electron chi connectivity index (χ4n) is 3.35. The van der Waals surface area contributed by atoms with Crippen LogP contribution in [0.2, 0.25) is 0 Å². The van der Waals surface area contributed by atoms with E-state index in [1.807, 2.05) is 4.90 Å². The largest absolute Gasteiger partial charge is 0.396 e. The van der Waals surface area contributed by atoms with Crippen molar-refractivity contribution in [1.82, 2.24) is 4.90 Å². The number of aliphatic hydroxyl groups is 1. The number of aliphatic hydroxyl groups excluding tert-OH is 1. The first kappa shape index (κ1) is 12.2. The first-order valence-corrected chi connectivity index (χ1v) is 6.56. The van der Waals surface area contributed by atoms with E-state index in [2.05, 4.69) is 0 Å². The molecule has 0 aromatic heterocycles. The molecule has 1 amide bonds. The van der Waals surface area contributed by atoms with Crippen LogP contribution in [0.4, 0.5) is 0 Å². The molecular formula is C12H20ClNO2. The third kappa shape index (κ3) is 1.95. The van der Waals surface area contributed by atoms with Crippen molar-refractivity contribution >= 4 is 17.5 Å². The molecule has 0 bridgehead atoms. The SMILES string of the molecule is C[C@H](Cl)C(=O)N1C[C@@H](CO)C2(CCCC2)C1. The lowest BCUT2D eigenvalue weighted by Gasteiger charge is -2.28. The lowest BCUT2D eigenvalue weighted by atomic mass is 9.77. The minimum absolute atomic E-state index is 0.0175. The number of nitrogens with zero attached hydrogens (tertiary/aromatic N) is 1. The highest BCUT2D eigenvalue weighted by Gasteiger charge is 2.49. The highest BCUT2D eigenvalue weighted by atomic mass is 35.5. The van der Waals surface area contributed by atoms with Crippen molar-refractivity contribution in [2.75, 3.05) is 19.7 Å². The standard InChI is InChI=1S/C12H20ClNO2/c1-9(13)11(16)14-6-10(7-15)12(8-14)4-2-3-5-12/h9-10,15H,2-8H2,1H3/t9-,10-/m0/s1. The molecule has 0 aromatic carbocycles. The van der Waals surface area contributed by atoms with E-state index in [0.717, 1.165) is 19.4 Å². The lowest BCUT2D eigenvalue weighted by molar-refractivity contribution is -0.129. The van der Waals surface area contributed by atoms with Gasteiger partial charge in [-0.1, -0.05) is 12.8 Å². The Bertz CT molecular complexity index is 274. The Balaban J connectivity index is 2.10. The second-order valence-electron chi connectivity index (χ2n) is 5.28. The Labute approximate surface area is 102 Å². The Morgan fingerprint density at radius 2 is 2.19 bits per heavy atom. The molecule has 1 spiro atoms. The maximum absolute atomic E-state index is 11.9. The van der Waals surface area contributed by atoms with Crippen molar-refractivity contribution in [1.29, 1.82) is 0 Å². The molecule has 1 aliphatic heterocycles. The molecule has 1 heterocycles. The summed E-state index contributed by atoms with van der Waals surface area (Å²) >= 11 is 5.84. The molecule has 16 heavy (non-hydrogen) atoms. The number of carbonyl (C=O) groups is 1. The van der Waals surface area contributed by atoms with Crippen molar-refractivity contribution in [3.05, 3.63) is 0 Å². The smallest absolute Gasteiger partial charge is 0.240 e. The van der Waals surface area contributed by atoms with Crippen LogP contribution in [0.15, 0.2) is 0 Å². The normalized spacial score (nSPS) is 29.9. The second-order valence-corrected chi connectivity index (χ2v) is 5.94. The molecule has 1 saturated carbocycles. The van der Waals surface area contributed by atoms with E-state index in [-0.39, 0.29) is 23.8 Å². The van der Waals surface area contributed by atoms with Crippen molar-refractivity contribution in [2.45, 2.75) is 38.0 Å². The van der Waals surface area contributed by atoms with Gasteiger partial charge in [-0.05, 0) is 25.2 Å². The van der Waals surface area contributed by atoms with Gasteiger partial charge < -0.3 is 10.0 Å². The van der Waals surface area contributed by atoms with Gasteiger partial charge in [0.1, 0.15) is 5.38 Å². The summed E-state index contributed by atoms with van der Waals surface area (Å²) in [7, 11) is 0. The number of rotatable bonds is 2. The van der Waals surface area contributed by atoms with Crippen molar-refractivity contribution in [3.8, 4) is 0 Å². The number of hydrogen-bond donors (Lipinski definition) is 1. The summed E-state index contributed by atoms with van der Waals surface area (Å²) < 4.78 is 0. The van der Waals surface area contributed by atoms with Crippen LogP contribution < -0.4 is 0 Å². The average molecular weight is 246 g/mol. The Kier molecular flexibility index (Phi) is 3.45. The van der Waals surface area contributed by atoms with E-state index in [9.17, 15) is 9.90 Å². The number of halogens is 1. The van der Waals surface area contributed by atoms with E-state index < -0.39 is 5.38 Å². The van der Waals surface area contributed by atoms with E-state index in [1.165, 1.54) is 12.8 Å². The summed E-state index contributed by atoms with van der Waals surface area (Å²) in [6.45, 7) is 3.40. The number of likely N-dealkylation sites (tertiary alicyclic amines) is 1. The summed E-state index contributed by atoms with van der Waals surface area (Å²) in [5.74, 6) is 0.276. The van der Waals surface area contributed by atoms with E-state index in [0.29, 0.717) is 6.54 Å². The van der Waals surface area contributed by atoms with Crippen LogP contribution >= 0.6 is 11.6 Å². The fourth-order valence-corrected chi connectivity index (χ4v) is 3.49. The molecule has 4 heteroatoms. The second kappa shape index (κ2) is 4.53. The third-order valence-corrected chi connectivity index (χ3v) is 4.47. The van der Waals surface area contributed by atoms with Gasteiger partial charge in [0.05, 0.1) is 0 Å². The highest BCUT2D eigenvalue weighted by Crippen LogP contribution is 2.48. The van der Waals surface area contributed by atoms with Gasteiger partial charge in [-0.25, -0.2) is 0 Å². The minimum Gasteiger partial charge on any atom is -0.396 e. The lowest BCUT2D eigenvalue weighted by Crippen LogP contribution is -2.35. The summed E-state index contributed by atoms with van der Waals surface area (Å²) in [6.07, 6.45) is 4.77. The molecule has 0 radical (unpaired) electrons. The maximum Gasteiger partial charge on any atom is 0.240 e. The number of carbonyl (C=O) groups excluding carboxylic acids is 1. The Morgan fingerprint density at radius 3 is 2.69 bits per heavy atom. The van der Waals surface area contributed by atoms with Gasteiger partial charge in [-0.3, -0.25) is 4.79 Å². The molecule has 0 aromatic rings. The molecule has 0 unspecified atom stereocenters. The highest BCUT2D eigenvalue weighted by molar-refractivity contribution is 6.30. The molecule has 1 aliphatic carbocycles. The Hall–Kier alpha value is -0.280. The monoisotopic (exact) mass is 245 g/mol. The van der Waals surface area contributed by atoms with Gasteiger partial charge in [0.2, 0.25) is 5.91 Å². The minimum atomic E-state index is -0.448. The van der Waals surface area contributed by atoms with Crippen LogP contribution in [0.25, 0.3) is 0 Å². The molecular weight excluding hydrogens is 226 g/mol. The quantitative estimate of drug-likeness (QED) is 0.752. The van der Waals surface area contributed by atoms with Crippen LogP contribution in [-0.2, 0) is 4.79 Å². The van der Waals surface area contributed by atoms with Crippen LogP contribution in [0.1, 0.15) is 32.6 Å². The average Bonchev–Trinajstić information content (AvgIpc) is 2.86. The predicted octanol–water partition coefficient (Wildman–Crippen LogP) is 1.62. The zero-order valence-electron chi connectivity index (χ0n) is 9.79. The van der Waals surface area contributed by atoms with Gasteiger partial charge in [0.15, 0.2) is 0 Å². The number of amides is 1. The zero-order valence-corrected chi connectivity index (χ0v) is 10.5. The summed E-state index contributed by atoms with van der Waals surface area (Å²) in [4.78, 5) is 13.7. The van der Waals surface area contributed by atoms with Crippen molar-refractivity contribution < 1.29 is 9.90 Å². The van der Waals surface area contributed by atoms with E-state index in [1.54, 1.807) is 6.92 Å². The van der Waals surface area contributed by atoms with Crippen molar-refractivity contribution in [2.24, 2.45) is 11.3 Å². The molecule has 2 fully saturated rings. The first-order valence-electron chi connectivity index (χ1n) is 6.13. The molecule has 2 rings (SSSR count). The van der Waals surface area contributed by atoms with Gasteiger partial charge in [0.25, 0.3) is 0 Å². The summed E-state index contributed by atoms with van der Waals surface area (Å²) in [5.41, 5.74) is 0.191. The summed E-state index contributed by atoms with van der Waals surface area (Å²) in [6, 6.07) is 0. The van der Waals surface area contributed by atoms with Crippen LogP contribution in [0.5, 0.6) is 0 Å². The maximum atomic E-state index is 11.9. The molecule has 1 N–H and O–H groups in total. The van der Waals surface area contributed by atoms with E-state index in [4.69, 9.17) is 11.6 Å². The van der Waals surface area contributed by atoms with Gasteiger partial charge in [0, 0.05) is 25.6 Å². The Morgan fingerprint density at radius 1 is 1.56 bits per heavy atom.